The Bertz CT molecular complexity index is 1190. The van der Waals surface area contributed by atoms with Crippen LogP contribution in [0.4, 0.5) is 5.69 Å². The van der Waals surface area contributed by atoms with E-state index in [2.05, 4.69) is 5.10 Å². The number of anilines is 1. The number of methoxy groups -OCH3 is 1. The highest BCUT2D eigenvalue weighted by Crippen LogP contribution is 2.46. The zero-order valence-electron chi connectivity index (χ0n) is 17.1. The second-order valence-corrected chi connectivity index (χ2v) is 7.77. The molecule has 8 nitrogen and oxygen atoms in total. The van der Waals surface area contributed by atoms with Crippen molar-refractivity contribution in [3.05, 3.63) is 77.9 Å². The van der Waals surface area contributed by atoms with Crippen molar-refractivity contribution in [3.63, 3.8) is 0 Å². The molecule has 3 heterocycles. The van der Waals surface area contributed by atoms with E-state index in [-0.39, 0.29) is 17.0 Å². The van der Waals surface area contributed by atoms with Gasteiger partial charge in [-0.3, -0.25) is 19.4 Å². The van der Waals surface area contributed by atoms with E-state index in [1.165, 1.54) is 19.2 Å². The molecule has 2 amide bonds. The highest BCUT2D eigenvalue weighted by molar-refractivity contribution is 6.26. The first-order valence-electron chi connectivity index (χ1n) is 10.2. The summed E-state index contributed by atoms with van der Waals surface area (Å²) in [6.07, 6.45) is 5.03. The summed E-state index contributed by atoms with van der Waals surface area (Å²) in [6.45, 7) is 0. The lowest BCUT2D eigenvalue weighted by Gasteiger charge is -2.30. The Morgan fingerprint density at radius 1 is 0.938 bits per heavy atom. The van der Waals surface area contributed by atoms with Crippen molar-refractivity contribution in [2.75, 3.05) is 12.0 Å². The van der Waals surface area contributed by atoms with Crippen molar-refractivity contribution >= 4 is 35.5 Å². The largest absolute Gasteiger partial charge is 0.465 e. The van der Waals surface area contributed by atoms with Gasteiger partial charge in [0.05, 0.1) is 36.2 Å². The normalized spacial score (nSPS) is 25.7. The maximum atomic E-state index is 13.6. The molecule has 2 aromatic carbocycles. The number of rotatable bonds is 4. The van der Waals surface area contributed by atoms with Crippen LogP contribution in [-0.4, -0.2) is 54.0 Å². The van der Waals surface area contributed by atoms with Gasteiger partial charge in [-0.25, -0.2) is 9.69 Å². The van der Waals surface area contributed by atoms with E-state index in [0.717, 1.165) is 4.90 Å². The number of esters is 1. The summed E-state index contributed by atoms with van der Waals surface area (Å²) in [4.78, 5) is 54.0. The molecule has 5 rings (SSSR count). The number of hydrogen-bond donors (Lipinski definition) is 0. The minimum absolute atomic E-state index is 0.108. The van der Waals surface area contributed by atoms with E-state index < -0.39 is 41.7 Å². The van der Waals surface area contributed by atoms with Crippen molar-refractivity contribution in [3.8, 4) is 0 Å². The van der Waals surface area contributed by atoms with Crippen molar-refractivity contribution in [1.29, 1.82) is 0 Å². The Morgan fingerprint density at radius 3 is 2.38 bits per heavy atom. The summed E-state index contributed by atoms with van der Waals surface area (Å²) in [7, 11) is 1.23. The average molecular weight is 429 g/mol. The number of hydrogen-bond acceptors (Lipinski definition) is 7. The van der Waals surface area contributed by atoms with E-state index in [4.69, 9.17) is 4.74 Å². The molecule has 4 atom stereocenters. The summed E-state index contributed by atoms with van der Waals surface area (Å²) in [5, 5.41) is 5.89. The summed E-state index contributed by atoms with van der Waals surface area (Å²) in [5.74, 6) is -3.63. The fourth-order valence-electron chi connectivity index (χ4n) is 4.80. The lowest BCUT2D eigenvalue weighted by Crippen LogP contribution is -2.46. The molecular weight excluding hydrogens is 410 g/mol. The van der Waals surface area contributed by atoms with Gasteiger partial charge < -0.3 is 4.74 Å². The predicted molar refractivity (Wildman–Crippen MR) is 115 cm³/mol. The molecule has 2 saturated heterocycles. The van der Waals surface area contributed by atoms with Gasteiger partial charge in [0.25, 0.3) is 0 Å². The summed E-state index contributed by atoms with van der Waals surface area (Å²) in [6, 6.07) is 13.5. The molecule has 2 aromatic rings. The number of fused-ring (bicyclic) bond motifs is 3. The second kappa shape index (κ2) is 7.56. The number of benzene rings is 2. The van der Waals surface area contributed by atoms with E-state index in [0.29, 0.717) is 5.56 Å². The van der Waals surface area contributed by atoms with Crippen LogP contribution < -0.4 is 4.90 Å². The summed E-state index contributed by atoms with van der Waals surface area (Å²) < 4.78 is 4.82. The van der Waals surface area contributed by atoms with Gasteiger partial charge in [-0.15, -0.1) is 0 Å². The van der Waals surface area contributed by atoms with Gasteiger partial charge in [-0.05, 0) is 18.2 Å². The van der Waals surface area contributed by atoms with Crippen LogP contribution in [0.3, 0.4) is 0 Å². The van der Waals surface area contributed by atoms with Gasteiger partial charge in [-0.2, -0.15) is 5.10 Å². The van der Waals surface area contributed by atoms with Crippen LogP contribution in [0.15, 0.2) is 71.9 Å². The number of hydrazone groups is 1. The fraction of sp³-hybridized carbons (Fsp3) is 0.208. The minimum Gasteiger partial charge on any atom is -0.465 e. The van der Waals surface area contributed by atoms with Gasteiger partial charge in [-0.1, -0.05) is 48.5 Å². The first-order valence-corrected chi connectivity index (χ1v) is 10.2. The van der Waals surface area contributed by atoms with E-state index in [9.17, 15) is 19.2 Å². The third-order valence-corrected chi connectivity index (χ3v) is 6.17. The smallest absolute Gasteiger partial charge is 0.339 e. The van der Waals surface area contributed by atoms with Crippen LogP contribution >= 0.6 is 0 Å². The van der Waals surface area contributed by atoms with Crippen molar-refractivity contribution in [1.82, 2.24) is 5.01 Å². The van der Waals surface area contributed by atoms with Gasteiger partial charge in [0.2, 0.25) is 11.8 Å². The molecule has 0 spiro atoms. The number of Topliss-reactive ketones (excluding diaryl/α,β-unsaturated/α-hetero) is 1. The Kier molecular flexibility index (Phi) is 4.70. The summed E-state index contributed by atoms with van der Waals surface area (Å²) >= 11 is 0. The molecule has 0 bridgehead atoms. The van der Waals surface area contributed by atoms with Crippen molar-refractivity contribution < 1.29 is 23.9 Å². The first-order chi connectivity index (χ1) is 15.5. The number of ketones is 1. The molecule has 3 aliphatic rings. The lowest BCUT2D eigenvalue weighted by molar-refractivity contribution is -0.123. The van der Waals surface area contributed by atoms with Crippen molar-refractivity contribution in [2.24, 2.45) is 16.9 Å². The van der Waals surface area contributed by atoms with E-state index >= 15 is 0 Å². The van der Waals surface area contributed by atoms with Crippen LogP contribution in [0.25, 0.3) is 0 Å². The molecule has 3 aliphatic heterocycles. The number of imide groups is 1. The van der Waals surface area contributed by atoms with Crippen LogP contribution in [-0.2, 0) is 14.3 Å². The lowest BCUT2D eigenvalue weighted by atomic mass is 9.86. The molecule has 0 radical (unpaired) electrons. The zero-order valence-corrected chi connectivity index (χ0v) is 17.1. The molecule has 160 valence electrons. The fourth-order valence-corrected chi connectivity index (χ4v) is 4.80. The Labute approximate surface area is 183 Å². The molecule has 8 heteroatoms. The molecule has 2 fully saturated rings. The van der Waals surface area contributed by atoms with E-state index in [1.807, 2.05) is 0 Å². The molecule has 0 aromatic heterocycles. The van der Waals surface area contributed by atoms with Crippen LogP contribution in [0.1, 0.15) is 20.7 Å². The Hall–Kier alpha value is -4.07. The predicted octanol–water partition coefficient (Wildman–Crippen LogP) is 2.07. The molecular formula is C24H19N3O5. The number of allylic oxidation sites excluding steroid dienone is 1. The highest BCUT2D eigenvalue weighted by Gasteiger charge is 2.64. The number of nitrogens with zero attached hydrogens (tertiary/aromatic N) is 3. The molecule has 0 saturated carbocycles. The monoisotopic (exact) mass is 429 g/mol. The Morgan fingerprint density at radius 2 is 1.62 bits per heavy atom. The topological polar surface area (TPSA) is 96.3 Å². The minimum atomic E-state index is -0.930. The van der Waals surface area contributed by atoms with Crippen molar-refractivity contribution in [2.45, 2.75) is 12.1 Å². The molecule has 0 aliphatic carbocycles. The number of carbonyl (C=O) groups is 4. The average Bonchev–Trinajstić information content (AvgIpc) is 3.31. The third-order valence-electron chi connectivity index (χ3n) is 6.17. The standard InChI is InChI=1S/C24H19N3O5/c1-32-24(31)15-10-5-6-11-16(15)26-22(29)18-17-12-7-13-25-27(17)20(19(18)23(26)30)21(28)14-8-3-2-4-9-14/h2-13,17-20H,1H3/t17?,18-,19-,20+/m0/s1. The Balaban J connectivity index is 1.60. The van der Waals surface area contributed by atoms with Gasteiger partial charge in [0.15, 0.2) is 5.78 Å². The molecule has 32 heavy (non-hydrogen) atoms. The highest BCUT2D eigenvalue weighted by atomic mass is 16.5. The maximum Gasteiger partial charge on any atom is 0.339 e. The molecule has 1 unspecified atom stereocenters. The zero-order chi connectivity index (χ0) is 22.4. The maximum absolute atomic E-state index is 13.6. The van der Waals surface area contributed by atoms with Gasteiger partial charge in [0, 0.05) is 11.8 Å². The molecule has 0 N–H and O–H groups in total. The summed E-state index contributed by atoms with van der Waals surface area (Å²) in [5.41, 5.74) is 0.705. The van der Waals surface area contributed by atoms with Gasteiger partial charge >= 0.3 is 5.97 Å². The number of amides is 2. The first kappa shape index (κ1) is 19.9. The second-order valence-electron chi connectivity index (χ2n) is 7.77. The SMILES string of the molecule is COC(=O)c1ccccc1N1C(=O)[C@H]2[C@@H](C1=O)C1C=CC=NN1[C@H]2C(=O)c1ccccc1. The van der Waals surface area contributed by atoms with Crippen LogP contribution in [0.5, 0.6) is 0 Å². The van der Waals surface area contributed by atoms with Crippen LogP contribution in [0, 0.1) is 11.8 Å². The van der Waals surface area contributed by atoms with Gasteiger partial charge in [0.1, 0.15) is 6.04 Å². The number of para-hydroxylation sites is 1. The quantitative estimate of drug-likeness (QED) is 0.419. The van der Waals surface area contributed by atoms with Crippen LogP contribution in [0.2, 0.25) is 0 Å². The number of carbonyl (C=O) groups excluding carboxylic acids is 4. The van der Waals surface area contributed by atoms with E-state index in [1.54, 1.807) is 65.8 Å². The third kappa shape index (κ3) is 2.80. The number of ether oxygens (including phenoxy) is 1.